The van der Waals surface area contributed by atoms with E-state index in [1.54, 1.807) is 0 Å². The highest BCUT2D eigenvalue weighted by molar-refractivity contribution is 8.00. The Hall–Kier alpha value is -6.29. The monoisotopic (exact) mass is 726 g/mol. The Morgan fingerprint density at radius 1 is 0.400 bits per heavy atom. The molecule has 11 rings (SSSR count). The molecule has 0 radical (unpaired) electrons. The molecule has 1 aliphatic carbocycles. The molecule has 1 aliphatic heterocycles. The summed E-state index contributed by atoms with van der Waals surface area (Å²) < 4.78 is 31.2. The number of halogens is 2. The van der Waals surface area contributed by atoms with E-state index in [-0.39, 0.29) is 16.7 Å². The summed E-state index contributed by atoms with van der Waals surface area (Å²) in [6.07, 6.45) is 6.84. The molecular formula is C52H32F2S. The van der Waals surface area contributed by atoms with E-state index in [1.165, 1.54) is 78.0 Å². The predicted molar refractivity (Wildman–Crippen MR) is 229 cm³/mol. The summed E-state index contributed by atoms with van der Waals surface area (Å²) in [6, 6.07) is 55.6. The van der Waals surface area contributed by atoms with Gasteiger partial charge in [0.1, 0.15) is 11.6 Å². The van der Waals surface area contributed by atoms with Crippen LogP contribution in [0.3, 0.4) is 0 Å². The van der Waals surface area contributed by atoms with Crippen molar-refractivity contribution in [1.82, 2.24) is 0 Å². The fraction of sp³-hybridized carbons (Fsp3) is 0.0385. The topological polar surface area (TPSA) is 0 Å². The molecule has 0 spiro atoms. The Morgan fingerprint density at radius 2 is 0.873 bits per heavy atom. The van der Waals surface area contributed by atoms with Crippen LogP contribution in [0.2, 0.25) is 0 Å². The first-order chi connectivity index (χ1) is 27.2. The highest BCUT2D eigenvalue weighted by Crippen LogP contribution is 2.58. The van der Waals surface area contributed by atoms with Crippen LogP contribution in [0.4, 0.5) is 8.78 Å². The van der Waals surface area contributed by atoms with Gasteiger partial charge in [0.25, 0.3) is 0 Å². The van der Waals surface area contributed by atoms with Gasteiger partial charge in [0.15, 0.2) is 0 Å². The number of hydrogen-bond donors (Lipinski definition) is 0. The zero-order valence-corrected chi connectivity index (χ0v) is 30.5. The van der Waals surface area contributed by atoms with Crippen molar-refractivity contribution in [2.45, 2.75) is 16.1 Å². The summed E-state index contributed by atoms with van der Waals surface area (Å²) >= 11 is 1.93. The fourth-order valence-corrected chi connectivity index (χ4v) is 10.9. The lowest BCUT2D eigenvalue weighted by atomic mass is 9.77. The standard InChI is InChI=1S/C52H32F2S/c53-43-28-14-29-44(54)51(43)50-38-23-10-8-21-36(38)48(37-22-9-11-24-39(37)50)41-26-12-27-42-49-40(25-13-30-45(49)55-52(41)42)47-34-19-6-4-17-32(34)46(31-15-2-1-3-16-31)33-18-5-7-20-35(33)47/h1-30,42,52H. The van der Waals surface area contributed by atoms with E-state index >= 15 is 8.78 Å². The second kappa shape index (κ2) is 12.7. The number of allylic oxidation sites excluding steroid dienone is 3. The quantitative estimate of drug-likeness (QED) is 0.163. The molecule has 0 aromatic heterocycles. The SMILES string of the molecule is Fc1cccc(F)c1-c1c2ccccc2c(C2=CC=CC3c4c(cccc4-c4c5ccccc5c(-c5ccccc5)c5ccccc45)SC23)c2ccccc12. The van der Waals surface area contributed by atoms with Crippen LogP contribution in [0.15, 0.2) is 187 Å². The van der Waals surface area contributed by atoms with Gasteiger partial charge in [-0.05, 0) is 100 Å². The first-order valence-electron chi connectivity index (χ1n) is 18.7. The molecule has 0 bridgehead atoms. The van der Waals surface area contributed by atoms with Crippen molar-refractivity contribution in [2.24, 2.45) is 0 Å². The maximum atomic E-state index is 15.6. The minimum Gasteiger partial charge on any atom is -0.206 e. The lowest BCUT2D eigenvalue weighted by molar-refractivity contribution is 0.590. The highest BCUT2D eigenvalue weighted by atomic mass is 32.2. The van der Waals surface area contributed by atoms with Gasteiger partial charge in [0.2, 0.25) is 0 Å². The van der Waals surface area contributed by atoms with Crippen LogP contribution in [-0.4, -0.2) is 5.25 Å². The molecule has 55 heavy (non-hydrogen) atoms. The Morgan fingerprint density at radius 3 is 1.44 bits per heavy atom. The zero-order chi connectivity index (χ0) is 36.6. The van der Waals surface area contributed by atoms with Crippen LogP contribution in [0.1, 0.15) is 17.0 Å². The number of rotatable bonds is 4. The molecule has 0 N–H and O–H groups in total. The van der Waals surface area contributed by atoms with E-state index in [1.807, 2.05) is 48.2 Å². The number of fused-ring (bicyclic) bond motifs is 7. The minimum atomic E-state index is -0.561. The molecule has 9 aromatic rings. The Kier molecular flexibility index (Phi) is 7.40. The van der Waals surface area contributed by atoms with E-state index in [9.17, 15) is 0 Å². The third kappa shape index (κ3) is 4.83. The molecule has 1 heterocycles. The van der Waals surface area contributed by atoms with Crippen molar-refractivity contribution < 1.29 is 8.78 Å². The molecule has 2 unspecified atom stereocenters. The van der Waals surface area contributed by atoms with Crippen molar-refractivity contribution in [2.75, 3.05) is 0 Å². The molecule has 2 atom stereocenters. The van der Waals surface area contributed by atoms with Crippen LogP contribution >= 0.6 is 11.8 Å². The molecule has 0 fully saturated rings. The average molecular weight is 727 g/mol. The van der Waals surface area contributed by atoms with E-state index < -0.39 is 11.6 Å². The van der Waals surface area contributed by atoms with E-state index in [0.717, 1.165) is 27.1 Å². The van der Waals surface area contributed by atoms with Crippen molar-refractivity contribution >= 4 is 60.4 Å². The predicted octanol–water partition coefficient (Wildman–Crippen LogP) is 14.8. The van der Waals surface area contributed by atoms with Crippen LogP contribution < -0.4 is 0 Å². The molecule has 0 saturated heterocycles. The van der Waals surface area contributed by atoms with Gasteiger partial charge in [-0.3, -0.25) is 0 Å². The smallest absolute Gasteiger partial charge is 0.134 e. The maximum Gasteiger partial charge on any atom is 0.134 e. The van der Waals surface area contributed by atoms with Crippen LogP contribution in [0, 0.1) is 11.6 Å². The first kappa shape index (κ1) is 32.2. The van der Waals surface area contributed by atoms with Crippen molar-refractivity contribution in [3.05, 3.63) is 205 Å². The molecule has 3 heteroatoms. The second-order valence-electron chi connectivity index (χ2n) is 14.4. The van der Waals surface area contributed by atoms with Gasteiger partial charge in [0.05, 0.1) is 5.56 Å². The molecule has 9 aromatic carbocycles. The molecule has 260 valence electrons. The van der Waals surface area contributed by atoms with Gasteiger partial charge < -0.3 is 0 Å². The summed E-state index contributed by atoms with van der Waals surface area (Å²) in [5.74, 6) is -1.01. The van der Waals surface area contributed by atoms with Gasteiger partial charge >= 0.3 is 0 Å². The maximum absolute atomic E-state index is 15.6. The molecule has 2 aliphatic rings. The van der Waals surface area contributed by atoms with Gasteiger partial charge in [-0.15, -0.1) is 11.8 Å². The summed E-state index contributed by atoms with van der Waals surface area (Å²) in [4.78, 5) is 1.28. The molecular weight excluding hydrogens is 695 g/mol. The van der Waals surface area contributed by atoms with Crippen molar-refractivity contribution in [1.29, 1.82) is 0 Å². The van der Waals surface area contributed by atoms with Crippen LogP contribution in [0.25, 0.3) is 82.0 Å². The van der Waals surface area contributed by atoms with Gasteiger partial charge in [-0.25, -0.2) is 8.78 Å². The third-order valence-electron chi connectivity index (χ3n) is 11.6. The Bertz CT molecular complexity index is 2970. The number of hydrogen-bond acceptors (Lipinski definition) is 1. The third-order valence-corrected chi connectivity index (χ3v) is 13.0. The van der Waals surface area contributed by atoms with Crippen LogP contribution in [0.5, 0.6) is 0 Å². The van der Waals surface area contributed by atoms with Crippen molar-refractivity contribution in [3.63, 3.8) is 0 Å². The van der Waals surface area contributed by atoms with E-state index in [4.69, 9.17) is 0 Å². The van der Waals surface area contributed by atoms with E-state index in [0.29, 0.717) is 5.56 Å². The molecule has 0 amide bonds. The fourth-order valence-electron chi connectivity index (χ4n) is 9.40. The number of thioether (sulfide) groups is 1. The minimum absolute atomic E-state index is 0.0156. The molecule has 0 saturated carbocycles. The second-order valence-corrected chi connectivity index (χ2v) is 15.6. The highest BCUT2D eigenvalue weighted by Gasteiger charge is 2.39. The largest absolute Gasteiger partial charge is 0.206 e. The van der Waals surface area contributed by atoms with Gasteiger partial charge in [-0.1, -0.05) is 164 Å². The lowest BCUT2D eigenvalue weighted by Gasteiger charge is -2.27. The molecule has 0 nitrogen and oxygen atoms in total. The van der Waals surface area contributed by atoms with Gasteiger partial charge in [0, 0.05) is 21.6 Å². The Balaban J connectivity index is 1.13. The van der Waals surface area contributed by atoms with Crippen molar-refractivity contribution in [3.8, 4) is 33.4 Å². The summed E-state index contributed by atoms with van der Waals surface area (Å²) in [5, 5.41) is 8.72. The average Bonchev–Trinajstić information content (AvgIpc) is 3.62. The van der Waals surface area contributed by atoms with E-state index in [2.05, 4.69) is 127 Å². The first-order valence-corrected chi connectivity index (χ1v) is 19.6. The summed E-state index contributed by atoms with van der Waals surface area (Å²) in [6.45, 7) is 0. The number of benzene rings is 9. The summed E-state index contributed by atoms with van der Waals surface area (Å²) in [7, 11) is 0. The zero-order valence-electron chi connectivity index (χ0n) is 29.6. The van der Waals surface area contributed by atoms with Crippen LogP contribution in [-0.2, 0) is 0 Å². The van der Waals surface area contributed by atoms with Gasteiger partial charge in [-0.2, -0.15) is 0 Å². The summed E-state index contributed by atoms with van der Waals surface area (Å²) in [5.41, 5.74) is 9.30. The lowest BCUT2D eigenvalue weighted by Crippen LogP contribution is -2.14. The Labute approximate surface area is 322 Å². The normalized spacial score (nSPS) is 16.1.